The number of unbranched alkanes of at least 4 members (excludes halogenated alkanes) is 1. The number of ether oxygens (including phenoxy) is 2. The number of thioether (sulfide) groups is 1. The summed E-state index contributed by atoms with van der Waals surface area (Å²) in [5.74, 6) is 1.43. The predicted octanol–water partition coefficient (Wildman–Crippen LogP) is 6.27. The number of hydrogen-bond donors (Lipinski definition) is 0. The van der Waals surface area contributed by atoms with E-state index in [1.54, 1.807) is 13.3 Å². The SMILES string of the molecule is CCCCOc1ccc(/C=C2\S/C(=N/c3nccs3)N(C3CCCCC3)C2=O)cc1OC. The average molecular weight is 472 g/mol. The molecular weight excluding hydrogens is 442 g/mol. The highest BCUT2D eigenvalue weighted by Gasteiger charge is 2.38. The summed E-state index contributed by atoms with van der Waals surface area (Å²) in [4.78, 5) is 25.0. The molecule has 170 valence electrons. The van der Waals surface area contributed by atoms with Crippen LogP contribution in [-0.2, 0) is 4.79 Å². The Morgan fingerprint density at radius 2 is 2.09 bits per heavy atom. The van der Waals surface area contributed by atoms with Crippen molar-refractivity contribution in [1.82, 2.24) is 9.88 Å². The van der Waals surface area contributed by atoms with Gasteiger partial charge >= 0.3 is 0 Å². The Kier molecular flexibility index (Phi) is 7.86. The van der Waals surface area contributed by atoms with E-state index in [0.29, 0.717) is 22.4 Å². The maximum atomic E-state index is 13.4. The Labute approximate surface area is 197 Å². The molecule has 2 aliphatic rings. The quantitative estimate of drug-likeness (QED) is 0.335. The fraction of sp³-hybridized carbons (Fsp3) is 0.458. The lowest BCUT2D eigenvalue weighted by atomic mass is 9.94. The summed E-state index contributed by atoms with van der Waals surface area (Å²) in [5, 5.41) is 3.31. The van der Waals surface area contributed by atoms with Crippen LogP contribution >= 0.6 is 23.1 Å². The van der Waals surface area contributed by atoms with Crippen LogP contribution in [0, 0.1) is 0 Å². The Balaban J connectivity index is 1.60. The third-order valence-electron chi connectivity index (χ3n) is 5.63. The number of methoxy groups -OCH3 is 1. The number of carbonyl (C=O) groups is 1. The number of benzene rings is 1. The molecule has 0 N–H and O–H groups in total. The van der Waals surface area contributed by atoms with Gasteiger partial charge in [0, 0.05) is 17.6 Å². The molecule has 4 rings (SSSR count). The van der Waals surface area contributed by atoms with E-state index in [-0.39, 0.29) is 11.9 Å². The summed E-state index contributed by atoms with van der Waals surface area (Å²) < 4.78 is 11.4. The summed E-state index contributed by atoms with van der Waals surface area (Å²) >= 11 is 2.91. The molecule has 0 spiro atoms. The number of hydrogen-bond acceptors (Lipinski definition) is 7. The second kappa shape index (κ2) is 11.0. The lowest BCUT2D eigenvalue weighted by molar-refractivity contribution is -0.124. The lowest BCUT2D eigenvalue weighted by Gasteiger charge is -2.30. The first kappa shape index (κ1) is 22.9. The first-order valence-corrected chi connectivity index (χ1v) is 12.9. The summed E-state index contributed by atoms with van der Waals surface area (Å²) in [7, 11) is 1.64. The Morgan fingerprint density at radius 3 is 2.81 bits per heavy atom. The van der Waals surface area contributed by atoms with E-state index in [2.05, 4.69) is 11.9 Å². The summed E-state index contributed by atoms with van der Waals surface area (Å²) in [5.41, 5.74) is 0.902. The van der Waals surface area contributed by atoms with Crippen molar-refractivity contribution >= 4 is 45.4 Å². The van der Waals surface area contributed by atoms with Crippen molar-refractivity contribution in [3.05, 3.63) is 40.2 Å². The fourth-order valence-corrected chi connectivity index (χ4v) is 5.55. The molecule has 1 saturated heterocycles. The molecule has 8 heteroatoms. The van der Waals surface area contributed by atoms with Gasteiger partial charge < -0.3 is 9.47 Å². The number of aliphatic imine (C=N–C) groups is 1. The monoisotopic (exact) mass is 471 g/mol. The summed E-state index contributed by atoms with van der Waals surface area (Å²) in [6.07, 6.45) is 11.3. The number of aromatic nitrogens is 1. The van der Waals surface area contributed by atoms with Gasteiger partial charge in [0.15, 0.2) is 16.7 Å². The maximum Gasteiger partial charge on any atom is 0.267 e. The molecule has 0 unspecified atom stereocenters. The number of amides is 1. The molecule has 2 aromatic rings. The van der Waals surface area contributed by atoms with Crippen LogP contribution in [0.2, 0.25) is 0 Å². The van der Waals surface area contributed by atoms with Crippen LogP contribution < -0.4 is 9.47 Å². The van der Waals surface area contributed by atoms with Crippen molar-refractivity contribution in [2.75, 3.05) is 13.7 Å². The Bertz CT molecular complexity index is 982. The second-order valence-corrected chi connectivity index (χ2v) is 9.78. The van der Waals surface area contributed by atoms with E-state index >= 15 is 0 Å². The van der Waals surface area contributed by atoms with Crippen LogP contribution in [0.5, 0.6) is 11.5 Å². The van der Waals surface area contributed by atoms with Crippen molar-refractivity contribution in [2.45, 2.75) is 57.9 Å². The summed E-state index contributed by atoms with van der Waals surface area (Å²) in [6.45, 7) is 2.80. The van der Waals surface area contributed by atoms with Crippen LogP contribution in [-0.4, -0.2) is 40.7 Å². The maximum absolute atomic E-state index is 13.4. The standard InChI is InChI=1S/C24H29N3O3S2/c1-3-4-13-30-19-11-10-17(15-20(19)29-2)16-21-22(28)27(18-8-6-5-7-9-18)24(32-21)26-23-25-12-14-31-23/h10-12,14-16,18H,3-9,13H2,1-2H3/b21-16-,26-24+. The van der Waals surface area contributed by atoms with Crippen LogP contribution in [0.1, 0.15) is 57.4 Å². The third-order valence-corrected chi connectivity index (χ3v) is 7.28. The zero-order chi connectivity index (χ0) is 22.3. The fourth-order valence-electron chi connectivity index (χ4n) is 3.95. The van der Waals surface area contributed by atoms with Crippen LogP contribution in [0.3, 0.4) is 0 Å². The van der Waals surface area contributed by atoms with Gasteiger partial charge in [-0.15, -0.1) is 11.3 Å². The molecule has 1 aromatic carbocycles. The van der Waals surface area contributed by atoms with Crippen molar-refractivity contribution < 1.29 is 14.3 Å². The average Bonchev–Trinajstić information content (AvgIpc) is 3.43. The van der Waals surface area contributed by atoms with Crippen LogP contribution in [0.4, 0.5) is 5.13 Å². The molecule has 1 aliphatic heterocycles. The second-order valence-electron chi connectivity index (χ2n) is 7.90. The molecule has 1 saturated carbocycles. The van der Waals surface area contributed by atoms with Gasteiger partial charge in [-0.2, -0.15) is 4.99 Å². The van der Waals surface area contributed by atoms with E-state index in [9.17, 15) is 4.79 Å². The highest BCUT2D eigenvalue weighted by Crippen LogP contribution is 2.39. The number of nitrogens with zero attached hydrogens (tertiary/aromatic N) is 3. The van der Waals surface area contributed by atoms with E-state index in [1.807, 2.05) is 34.6 Å². The molecule has 1 aliphatic carbocycles. The van der Waals surface area contributed by atoms with Crippen molar-refractivity contribution in [2.24, 2.45) is 4.99 Å². The molecule has 1 aromatic heterocycles. The highest BCUT2D eigenvalue weighted by atomic mass is 32.2. The Morgan fingerprint density at radius 1 is 1.25 bits per heavy atom. The number of thiazole rings is 1. The van der Waals surface area contributed by atoms with Crippen molar-refractivity contribution in [3.8, 4) is 11.5 Å². The van der Waals surface area contributed by atoms with Gasteiger partial charge in [0.2, 0.25) is 5.13 Å². The van der Waals surface area contributed by atoms with Gasteiger partial charge in [0.25, 0.3) is 5.91 Å². The lowest BCUT2D eigenvalue weighted by Crippen LogP contribution is -2.40. The van der Waals surface area contributed by atoms with E-state index in [0.717, 1.165) is 55.0 Å². The van der Waals surface area contributed by atoms with Crippen LogP contribution in [0.25, 0.3) is 6.08 Å². The van der Waals surface area contributed by atoms with Gasteiger partial charge in [0.05, 0.1) is 18.6 Å². The van der Waals surface area contributed by atoms with Crippen molar-refractivity contribution in [1.29, 1.82) is 0 Å². The smallest absolute Gasteiger partial charge is 0.267 e. The molecule has 2 heterocycles. The van der Waals surface area contributed by atoms with Gasteiger partial charge in [-0.25, -0.2) is 4.98 Å². The van der Waals surface area contributed by atoms with Gasteiger partial charge in [-0.1, -0.05) is 38.7 Å². The summed E-state index contributed by atoms with van der Waals surface area (Å²) in [6, 6.07) is 6.00. The van der Waals surface area contributed by atoms with E-state index in [1.165, 1.54) is 29.5 Å². The number of carbonyl (C=O) groups excluding carboxylic acids is 1. The zero-order valence-corrected chi connectivity index (χ0v) is 20.2. The zero-order valence-electron chi connectivity index (χ0n) is 18.6. The largest absolute Gasteiger partial charge is 0.493 e. The molecule has 0 atom stereocenters. The predicted molar refractivity (Wildman–Crippen MR) is 132 cm³/mol. The topological polar surface area (TPSA) is 64.0 Å². The first-order chi connectivity index (χ1) is 15.7. The Hall–Kier alpha value is -2.32. The first-order valence-electron chi connectivity index (χ1n) is 11.2. The number of amidine groups is 1. The molecule has 2 fully saturated rings. The highest BCUT2D eigenvalue weighted by molar-refractivity contribution is 8.18. The van der Waals surface area contributed by atoms with E-state index in [4.69, 9.17) is 14.5 Å². The van der Waals surface area contributed by atoms with Gasteiger partial charge in [0.1, 0.15) is 0 Å². The molecule has 6 nitrogen and oxygen atoms in total. The molecule has 1 amide bonds. The minimum atomic E-state index is 0.0273. The molecular formula is C24H29N3O3S2. The van der Waals surface area contributed by atoms with Crippen molar-refractivity contribution in [3.63, 3.8) is 0 Å². The van der Waals surface area contributed by atoms with Gasteiger partial charge in [-0.3, -0.25) is 9.69 Å². The van der Waals surface area contributed by atoms with Gasteiger partial charge in [-0.05, 0) is 54.8 Å². The molecule has 0 radical (unpaired) electrons. The third kappa shape index (κ3) is 5.35. The van der Waals surface area contributed by atoms with E-state index < -0.39 is 0 Å². The van der Waals surface area contributed by atoms with Crippen LogP contribution in [0.15, 0.2) is 39.7 Å². The normalized spacial score (nSPS) is 19.8. The minimum absolute atomic E-state index is 0.0273. The molecule has 0 bridgehead atoms. The molecule has 32 heavy (non-hydrogen) atoms. The number of rotatable bonds is 8. The minimum Gasteiger partial charge on any atom is -0.493 e.